The topological polar surface area (TPSA) is 92.9 Å². The van der Waals surface area contributed by atoms with Crippen molar-refractivity contribution in [2.75, 3.05) is 5.32 Å². The van der Waals surface area contributed by atoms with Crippen LogP contribution in [0.3, 0.4) is 0 Å². The maximum absolute atomic E-state index is 11.5. The van der Waals surface area contributed by atoms with Gasteiger partial charge in [-0.15, -0.1) is 0 Å². The maximum atomic E-state index is 11.5. The number of rotatable bonds is 4. The first-order chi connectivity index (χ1) is 14.0. The minimum atomic E-state index is -1.14. The second-order valence-electron chi connectivity index (χ2n) is 9.11. The molecular formula is C22H27N5O2. The van der Waals surface area contributed by atoms with Crippen molar-refractivity contribution < 1.29 is 9.90 Å². The zero-order valence-electron chi connectivity index (χ0n) is 16.8. The molecule has 2 N–H and O–H groups in total. The van der Waals surface area contributed by atoms with Crippen LogP contribution in [0, 0.1) is 29.7 Å². The molecule has 0 bridgehead atoms. The monoisotopic (exact) mass is 393 g/mol. The summed E-state index contributed by atoms with van der Waals surface area (Å²) in [6.45, 7) is 2.30. The van der Waals surface area contributed by atoms with Gasteiger partial charge in [-0.25, -0.2) is 19.7 Å². The van der Waals surface area contributed by atoms with E-state index in [-0.39, 0.29) is 11.4 Å². The fourth-order valence-electron chi connectivity index (χ4n) is 4.72. The van der Waals surface area contributed by atoms with Gasteiger partial charge in [-0.05, 0) is 63.2 Å². The standard InChI is InChI=1S/C22H27N5O2/c1-14-5-7-15(8-6-14)9-12-27-13-23-18-17(27)19(25-20(24-18)21(28)29)26-22(10-11-22)16-3-2-4-16/h13-16H,2-8,10-11H2,1H3,(H,28,29)(H,24,25,26). The summed E-state index contributed by atoms with van der Waals surface area (Å²) >= 11 is 0. The van der Waals surface area contributed by atoms with Gasteiger partial charge in [0.05, 0.1) is 0 Å². The van der Waals surface area contributed by atoms with Crippen LogP contribution in [0.5, 0.6) is 0 Å². The van der Waals surface area contributed by atoms with Gasteiger partial charge in [0.15, 0.2) is 11.5 Å². The molecule has 0 aliphatic heterocycles. The summed E-state index contributed by atoms with van der Waals surface area (Å²) in [6.07, 6.45) is 12.3. The van der Waals surface area contributed by atoms with Crippen molar-refractivity contribution in [3.8, 4) is 12.0 Å². The highest BCUT2D eigenvalue weighted by molar-refractivity contribution is 5.91. The van der Waals surface area contributed by atoms with E-state index in [2.05, 4.69) is 39.2 Å². The number of carboxylic acids is 1. The number of nitrogens with zero attached hydrogens (tertiary/aromatic N) is 4. The molecule has 0 unspecified atom stereocenters. The highest BCUT2D eigenvalue weighted by atomic mass is 16.4. The van der Waals surface area contributed by atoms with E-state index in [0.717, 1.165) is 31.6 Å². The van der Waals surface area contributed by atoms with Crippen molar-refractivity contribution in [3.63, 3.8) is 0 Å². The lowest BCUT2D eigenvalue weighted by molar-refractivity contribution is 0.0684. The van der Waals surface area contributed by atoms with Crippen LogP contribution in [-0.4, -0.2) is 36.1 Å². The summed E-state index contributed by atoms with van der Waals surface area (Å²) < 4.78 is 1.78. The van der Waals surface area contributed by atoms with E-state index in [9.17, 15) is 9.90 Å². The fraction of sp³-hybridized carbons (Fsp3) is 0.636. The summed E-state index contributed by atoms with van der Waals surface area (Å²) in [5, 5.41) is 13.0. The molecule has 2 aromatic rings. The normalized spacial score (nSPS) is 25.7. The summed E-state index contributed by atoms with van der Waals surface area (Å²) in [4.78, 5) is 24.4. The minimum absolute atomic E-state index is 0.0529. The smallest absolute Gasteiger partial charge is 0.374 e. The highest BCUT2D eigenvalue weighted by Crippen LogP contribution is 2.52. The number of anilines is 1. The number of hydrogen-bond acceptors (Lipinski definition) is 5. The van der Waals surface area contributed by atoms with E-state index in [1.54, 1.807) is 10.9 Å². The van der Waals surface area contributed by atoms with Crippen molar-refractivity contribution in [1.29, 1.82) is 0 Å². The molecule has 0 spiro atoms. The van der Waals surface area contributed by atoms with E-state index in [1.165, 1.54) is 32.1 Å². The molecule has 152 valence electrons. The third-order valence-electron chi connectivity index (χ3n) is 7.04. The Morgan fingerprint density at radius 1 is 1.21 bits per heavy atom. The maximum Gasteiger partial charge on any atom is 0.374 e. The van der Waals surface area contributed by atoms with E-state index in [4.69, 9.17) is 0 Å². The quantitative estimate of drug-likeness (QED) is 0.765. The molecule has 7 nitrogen and oxygen atoms in total. The van der Waals surface area contributed by atoms with Gasteiger partial charge in [0.2, 0.25) is 5.82 Å². The Kier molecular flexibility index (Phi) is 4.45. The molecule has 0 atom stereocenters. The first-order valence-corrected chi connectivity index (χ1v) is 10.8. The molecule has 0 radical (unpaired) electrons. The summed E-state index contributed by atoms with van der Waals surface area (Å²) in [5.74, 6) is 4.44. The second kappa shape index (κ2) is 7.01. The van der Waals surface area contributed by atoms with E-state index in [0.29, 0.717) is 28.8 Å². The lowest BCUT2D eigenvalue weighted by atomic mass is 9.78. The van der Waals surface area contributed by atoms with Gasteiger partial charge in [-0.3, -0.25) is 4.57 Å². The predicted octanol–water partition coefficient (Wildman–Crippen LogP) is 3.90. The Hall–Kier alpha value is -2.62. The molecule has 3 aliphatic rings. The molecule has 0 amide bonds. The number of imidazole rings is 1. The van der Waals surface area contributed by atoms with Crippen LogP contribution < -0.4 is 5.32 Å². The molecule has 0 aromatic carbocycles. The Bertz CT molecular complexity index is 1000. The number of nitrogens with one attached hydrogen (secondary N) is 1. The van der Waals surface area contributed by atoms with Crippen LogP contribution in [-0.2, 0) is 0 Å². The van der Waals surface area contributed by atoms with Gasteiger partial charge in [0.1, 0.15) is 11.8 Å². The van der Waals surface area contributed by atoms with E-state index < -0.39 is 5.97 Å². The lowest BCUT2D eigenvalue weighted by Gasteiger charge is -2.35. The molecule has 3 fully saturated rings. The van der Waals surface area contributed by atoms with Gasteiger partial charge < -0.3 is 10.4 Å². The molecule has 2 heterocycles. The number of hydrogen-bond donors (Lipinski definition) is 2. The van der Waals surface area contributed by atoms with Gasteiger partial charge in [0, 0.05) is 17.5 Å². The molecule has 3 saturated carbocycles. The Balaban J connectivity index is 1.50. The second-order valence-corrected chi connectivity index (χ2v) is 9.11. The van der Waals surface area contributed by atoms with Crippen molar-refractivity contribution in [2.24, 2.45) is 17.8 Å². The Labute approximate surface area is 170 Å². The molecule has 3 aliphatic carbocycles. The van der Waals surface area contributed by atoms with E-state index >= 15 is 0 Å². The summed E-state index contributed by atoms with van der Waals surface area (Å²) in [6, 6.07) is 3.24. The van der Waals surface area contributed by atoms with Crippen molar-refractivity contribution in [2.45, 2.75) is 70.3 Å². The predicted molar refractivity (Wildman–Crippen MR) is 110 cm³/mol. The van der Waals surface area contributed by atoms with Crippen LogP contribution in [0.1, 0.15) is 75.3 Å². The first kappa shape index (κ1) is 18.4. The molecule has 0 saturated heterocycles. The van der Waals surface area contributed by atoms with Gasteiger partial charge >= 0.3 is 5.97 Å². The third kappa shape index (κ3) is 3.45. The van der Waals surface area contributed by atoms with Gasteiger partial charge in [0.25, 0.3) is 0 Å². The number of carboxylic acid groups (broad SMARTS) is 1. The molecule has 5 rings (SSSR count). The molecule has 7 heteroatoms. The van der Waals surface area contributed by atoms with Crippen LogP contribution in [0.25, 0.3) is 11.2 Å². The zero-order valence-corrected chi connectivity index (χ0v) is 16.8. The highest BCUT2D eigenvalue weighted by Gasteiger charge is 2.51. The van der Waals surface area contributed by atoms with Gasteiger partial charge in [-0.2, -0.15) is 0 Å². The Morgan fingerprint density at radius 3 is 2.59 bits per heavy atom. The average Bonchev–Trinajstić information content (AvgIpc) is 3.28. The molecule has 2 aromatic heterocycles. The first-order valence-electron chi connectivity index (χ1n) is 10.8. The largest absolute Gasteiger partial charge is 0.475 e. The molecular weight excluding hydrogens is 366 g/mol. The summed E-state index contributed by atoms with van der Waals surface area (Å²) in [5.41, 5.74) is 1.13. The van der Waals surface area contributed by atoms with Crippen LogP contribution >= 0.6 is 0 Å². The van der Waals surface area contributed by atoms with Crippen molar-refractivity contribution in [1.82, 2.24) is 19.5 Å². The Morgan fingerprint density at radius 2 is 1.97 bits per heavy atom. The number of fused-ring (bicyclic) bond motifs is 1. The SMILES string of the molecule is CC1CCC(C#Cn2cnc3nc(C(=O)O)nc(NC4(C5CCC5)CC4)c32)CC1. The third-order valence-corrected chi connectivity index (χ3v) is 7.04. The van der Waals surface area contributed by atoms with Crippen molar-refractivity contribution >= 4 is 23.0 Å². The molecule has 29 heavy (non-hydrogen) atoms. The number of carbonyl (C=O) groups is 1. The average molecular weight is 393 g/mol. The van der Waals surface area contributed by atoms with Crippen LogP contribution in [0.2, 0.25) is 0 Å². The number of aromatic nitrogens is 4. The fourth-order valence-corrected chi connectivity index (χ4v) is 4.72. The number of aromatic carboxylic acids is 1. The lowest BCUT2D eigenvalue weighted by Crippen LogP contribution is -2.36. The van der Waals surface area contributed by atoms with Gasteiger partial charge in [-0.1, -0.05) is 19.3 Å². The summed E-state index contributed by atoms with van der Waals surface area (Å²) in [7, 11) is 0. The van der Waals surface area contributed by atoms with Crippen LogP contribution in [0.4, 0.5) is 5.82 Å². The van der Waals surface area contributed by atoms with E-state index in [1.807, 2.05) is 0 Å². The van der Waals surface area contributed by atoms with Crippen molar-refractivity contribution in [3.05, 3.63) is 12.2 Å². The zero-order chi connectivity index (χ0) is 20.0. The van der Waals surface area contributed by atoms with Crippen LogP contribution in [0.15, 0.2) is 6.33 Å². The minimum Gasteiger partial charge on any atom is -0.475 e.